The summed E-state index contributed by atoms with van der Waals surface area (Å²) in [4.78, 5) is 39.3. The summed E-state index contributed by atoms with van der Waals surface area (Å²) < 4.78 is 6.02. The highest BCUT2D eigenvalue weighted by molar-refractivity contribution is 6.05. The van der Waals surface area contributed by atoms with Crippen LogP contribution in [0.15, 0.2) is 18.2 Å². The lowest BCUT2D eigenvalue weighted by molar-refractivity contribution is -0.156. The Morgan fingerprint density at radius 3 is 2.81 bits per heavy atom. The Bertz CT molecular complexity index is 775. The van der Waals surface area contributed by atoms with Crippen molar-refractivity contribution >= 4 is 17.7 Å². The lowest BCUT2D eigenvalue weighted by atomic mass is 10.0. The van der Waals surface area contributed by atoms with Gasteiger partial charge in [-0.25, -0.2) is 0 Å². The van der Waals surface area contributed by atoms with Gasteiger partial charge in [0.05, 0.1) is 0 Å². The molecule has 2 N–H and O–H groups in total. The van der Waals surface area contributed by atoms with Gasteiger partial charge in [-0.05, 0) is 49.6 Å². The number of amides is 3. The number of rotatable bonds is 4. The van der Waals surface area contributed by atoms with Crippen molar-refractivity contribution < 1.29 is 24.2 Å². The van der Waals surface area contributed by atoms with Gasteiger partial charge in [-0.1, -0.05) is 0 Å². The number of hydrogen-bond donors (Lipinski definition) is 2. The molecule has 0 bridgehead atoms. The number of nitrogens with zero attached hydrogens (tertiary/aromatic N) is 2. The fraction of sp³-hybridized carbons (Fsp3) is 0.526. The molecular weight excluding hydrogens is 350 g/mol. The van der Waals surface area contributed by atoms with E-state index in [9.17, 15) is 19.5 Å². The number of aliphatic hydroxyl groups is 1. The molecule has 3 amide bonds. The van der Waals surface area contributed by atoms with Crippen molar-refractivity contribution in [1.29, 1.82) is 0 Å². The molecule has 3 aliphatic heterocycles. The highest BCUT2D eigenvalue weighted by atomic mass is 16.5. The maximum atomic E-state index is 12.8. The Hall–Kier alpha value is -2.45. The normalized spacial score (nSPS) is 25.7. The molecule has 2 atom stereocenters. The summed E-state index contributed by atoms with van der Waals surface area (Å²) in [5.41, 5.74) is 1.38. The Balaban J connectivity index is 1.50. The molecule has 2 saturated heterocycles. The van der Waals surface area contributed by atoms with E-state index in [-0.39, 0.29) is 24.9 Å². The quantitative estimate of drug-likeness (QED) is 0.734. The molecule has 1 aromatic carbocycles. The van der Waals surface area contributed by atoms with Gasteiger partial charge in [0.1, 0.15) is 24.6 Å². The van der Waals surface area contributed by atoms with Crippen LogP contribution in [0.4, 0.5) is 0 Å². The maximum absolute atomic E-state index is 12.8. The highest BCUT2D eigenvalue weighted by Crippen LogP contribution is 2.31. The fourth-order valence-electron chi connectivity index (χ4n) is 4.02. The zero-order valence-electron chi connectivity index (χ0n) is 15.0. The largest absolute Gasteiger partial charge is 0.489 e. The molecule has 0 saturated carbocycles. The summed E-state index contributed by atoms with van der Waals surface area (Å²) in [7, 11) is 0. The summed E-state index contributed by atoms with van der Waals surface area (Å²) in [5.74, 6) is -0.417. The van der Waals surface area contributed by atoms with Crippen molar-refractivity contribution in [3.63, 3.8) is 0 Å². The molecule has 2 unspecified atom stereocenters. The van der Waals surface area contributed by atoms with E-state index in [4.69, 9.17) is 4.74 Å². The lowest BCUT2D eigenvalue weighted by Gasteiger charge is -2.34. The molecule has 2 fully saturated rings. The van der Waals surface area contributed by atoms with Gasteiger partial charge in [-0.2, -0.15) is 0 Å². The third-order valence-corrected chi connectivity index (χ3v) is 5.46. The number of benzene rings is 1. The van der Waals surface area contributed by atoms with Crippen LogP contribution in [0.25, 0.3) is 0 Å². The van der Waals surface area contributed by atoms with Crippen LogP contribution in [0.2, 0.25) is 0 Å². The highest BCUT2D eigenvalue weighted by Gasteiger charge is 2.42. The number of ether oxygens (including phenoxy) is 1. The minimum atomic E-state index is -0.721. The number of piperidine rings is 2. The van der Waals surface area contributed by atoms with Crippen LogP contribution < -0.4 is 10.1 Å². The molecule has 0 aliphatic carbocycles. The number of aliphatic hydroxyl groups excluding tert-OH is 1. The molecule has 27 heavy (non-hydrogen) atoms. The number of fused-ring (bicyclic) bond motifs is 1. The van der Waals surface area contributed by atoms with Crippen LogP contribution in [0.3, 0.4) is 0 Å². The van der Waals surface area contributed by atoms with Gasteiger partial charge in [0.15, 0.2) is 0 Å². The molecule has 3 aliphatic rings. The molecule has 3 heterocycles. The summed E-state index contributed by atoms with van der Waals surface area (Å²) in [5, 5.41) is 12.6. The van der Waals surface area contributed by atoms with Gasteiger partial charge >= 0.3 is 0 Å². The zero-order valence-corrected chi connectivity index (χ0v) is 15.0. The fourth-order valence-corrected chi connectivity index (χ4v) is 4.02. The van der Waals surface area contributed by atoms with Crippen molar-refractivity contribution in [2.45, 2.75) is 44.4 Å². The smallest absolute Gasteiger partial charge is 0.255 e. The summed E-state index contributed by atoms with van der Waals surface area (Å²) in [6.07, 6.45) is 2.61. The minimum Gasteiger partial charge on any atom is -0.489 e. The number of nitrogens with one attached hydrogen (secondary N) is 1. The van der Waals surface area contributed by atoms with Crippen molar-refractivity contribution in [1.82, 2.24) is 15.1 Å². The standard InChI is InChI=1S/C19H23N3O5/c23-11-22-17(24)6-5-16(19(22)26)21-10-12-8-13(3-4-15(12)18(21)25)27-14-2-1-7-20-9-14/h3-4,8,14,16,20,23H,1-2,5-7,9-11H2. The predicted molar refractivity (Wildman–Crippen MR) is 94.8 cm³/mol. The molecule has 8 heteroatoms. The molecular formula is C19H23N3O5. The summed E-state index contributed by atoms with van der Waals surface area (Å²) in [6.45, 7) is 1.47. The number of hydrogen-bond acceptors (Lipinski definition) is 6. The van der Waals surface area contributed by atoms with Crippen LogP contribution in [0, 0.1) is 0 Å². The molecule has 1 aromatic rings. The lowest BCUT2D eigenvalue weighted by Crippen LogP contribution is -2.54. The van der Waals surface area contributed by atoms with Crippen molar-refractivity contribution in [2.24, 2.45) is 0 Å². The first-order chi connectivity index (χ1) is 13.1. The second-order valence-corrected chi connectivity index (χ2v) is 7.19. The van der Waals surface area contributed by atoms with Gasteiger partial charge in [0.25, 0.3) is 11.8 Å². The molecule has 144 valence electrons. The number of likely N-dealkylation sites (tertiary alicyclic amines) is 1. The predicted octanol–water partition coefficient (Wildman–Crippen LogP) is 0.241. The van der Waals surface area contributed by atoms with E-state index in [0.717, 1.165) is 42.1 Å². The van der Waals surface area contributed by atoms with Crippen LogP contribution in [0.1, 0.15) is 41.6 Å². The van der Waals surface area contributed by atoms with Crippen molar-refractivity contribution in [2.75, 3.05) is 19.8 Å². The van der Waals surface area contributed by atoms with Gasteiger partial charge in [-0.3, -0.25) is 19.3 Å². The molecule has 0 spiro atoms. The van der Waals surface area contributed by atoms with Gasteiger partial charge < -0.3 is 20.1 Å². The second kappa shape index (κ2) is 7.28. The Morgan fingerprint density at radius 2 is 2.07 bits per heavy atom. The third-order valence-electron chi connectivity index (χ3n) is 5.46. The SMILES string of the molecule is O=C1CCC(N2Cc3cc(OC4CCCNC4)ccc3C2=O)C(=O)N1CO. The average Bonchev–Trinajstić information content (AvgIpc) is 2.99. The van der Waals surface area contributed by atoms with Crippen molar-refractivity contribution in [3.05, 3.63) is 29.3 Å². The molecule has 0 radical (unpaired) electrons. The number of carbonyl (C=O) groups excluding carboxylic acids is 3. The minimum absolute atomic E-state index is 0.119. The molecule has 4 rings (SSSR count). The van der Waals surface area contributed by atoms with Crippen LogP contribution in [-0.4, -0.2) is 64.6 Å². The average molecular weight is 373 g/mol. The molecule has 0 aromatic heterocycles. The maximum Gasteiger partial charge on any atom is 0.255 e. The van der Waals surface area contributed by atoms with E-state index >= 15 is 0 Å². The topological polar surface area (TPSA) is 99.2 Å². The van der Waals surface area contributed by atoms with Crippen molar-refractivity contribution in [3.8, 4) is 5.75 Å². The third kappa shape index (κ3) is 3.30. The van der Waals surface area contributed by atoms with E-state index in [1.807, 2.05) is 6.07 Å². The van der Waals surface area contributed by atoms with Gasteiger partial charge in [-0.15, -0.1) is 0 Å². The van der Waals surface area contributed by atoms with Crippen LogP contribution in [0.5, 0.6) is 5.75 Å². The summed E-state index contributed by atoms with van der Waals surface area (Å²) in [6, 6.07) is 4.68. The zero-order chi connectivity index (χ0) is 19.0. The van der Waals surface area contributed by atoms with Gasteiger partial charge in [0, 0.05) is 25.1 Å². The first-order valence-electron chi connectivity index (χ1n) is 9.35. The Morgan fingerprint density at radius 1 is 1.22 bits per heavy atom. The monoisotopic (exact) mass is 373 g/mol. The number of imide groups is 1. The first-order valence-corrected chi connectivity index (χ1v) is 9.35. The Kier molecular flexibility index (Phi) is 4.84. The van der Waals surface area contributed by atoms with E-state index in [2.05, 4.69) is 5.32 Å². The van der Waals surface area contributed by atoms with Crippen LogP contribution >= 0.6 is 0 Å². The summed E-state index contributed by atoms with van der Waals surface area (Å²) >= 11 is 0. The number of carbonyl (C=O) groups is 3. The Labute approximate surface area is 157 Å². The van der Waals surface area contributed by atoms with E-state index < -0.39 is 24.6 Å². The van der Waals surface area contributed by atoms with E-state index in [1.54, 1.807) is 12.1 Å². The second-order valence-electron chi connectivity index (χ2n) is 7.19. The van der Waals surface area contributed by atoms with E-state index in [0.29, 0.717) is 12.1 Å². The van der Waals surface area contributed by atoms with Crippen LogP contribution in [-0.2, 0) is 16.1 Å². The van der Waals surface area contributed by atoms with Gasteiger partial charge in [0.2, 0.25) is 5.91 Å². The van der Waals surface area contributed by atoms with E-state index in [1.165, 1.54) is 4.90 Å². The molecule has 8 nitrogen and oxygen atoms in total. The first kappa shape index (κ1) is 17.9.